The van der Waals surface area contributed by atoms with Gasteiger partial charge in [-0.05, 0) is 42.7 Å². The molecule has 0 bridgehead atoms. The molecule has 2 aromatic rings. The highest BCUT2D eigenvalue weighted by Gasteiger charge is 2.36. The lowest BCUT2D eigenvalue weighted by Crippen LogP contribution is -2.48. The van der Waals surface area contributed by atoms with E-state index in [1.807, 2.05) is 30.3 Å². The normalized spacial score (nSPS) is 17.3. The second-order valence-corrected chi connectivity index (χ2v) is 7.30. The van der Waals surface area contributed by atoms with E-state index in [1.165, 1.54) is 17.0 Å². The Labute approximate surface area is 160 Å². The second kappa shape index (κ2) is 7.99. The Kier molecular flexibility index (Phi) is 5.71. The summed E-state index contributed by atoms with van der Waals surface area (Å²) >= 11 is 3.32. The van der Waals surface area contributed by atoms with Gasteiger partial charge in [0.1, 0.15) is 11.7 Å². The average molecular weight is 419 g/mol. The molecular weight excluding hydrogens is 399 g/mol. The Balaban J connectivity index is 1.72. The Morgan fingerprint density at radius 1 is 1.27 bits per heavy atom. The first-order valence-electron chi connectivity index (χ1n) is 8.52. The van der Waals surface area contributed by atoms with Crippen molar-refractivity contribution in [2.24, 2.45) is 5.92 Å². The summed E-state index contributed by atoms with van der Waals surface area (Å²) in [5, 5.41) is 0. The van der Waals surface area contributed by atoms with Crippen molar-refractivity contribution in [3.8, 4) is 0 Å². The Morgan fingerprint density at radius 2 is 2.00 bits per heavy atom. The van der Waals surface area contributed by atoms with Crippen LogP contribution in [0.15, 0.2) is 53.0 Å². The van der Waals surface area contributed by atoms with E-state index in [1.54, 1.807) is 18.0 Å². The molecule has 0 saturated carbocycles. The van der Waals surface area contributed by atoms with Gasteiger partial charge in [0.05, 0.1) is 0 Å². The summed E-state index contributed by atoms with van der Waals surface area (Å²) in [5.41, 5.74) is 1.62. The predicted molar refractivity (Wildman–Crippen MR) is 102 cm³/mol. The number of benzene rings is 2. The van der Waals surface area contributed by atoms with Crippen LogP contribution in [0.3, 0.4) is 0 Å². The summed E-state index contributed by atoms with van der Waals surface area (Å²) in [4.78, 5) is 28.9. The third-order valence-electron chi connectivity index (χ3n) is 4.60. The molecular formula is C20H20BrFN2O2. The van der Waals surface area contributed by atoms with E-state index in [4.69, 9.17) is 0 Å². The van der Waals surface area contributed by atoms with Crippen molar-refractivity contribution in [3.63, 3.8) is 0 Å². The van der Waals surface area contributed by atoms with Crippen LogP contribution in [0.2, 0.25) is 0 Å². The van der Waals surface area contributed by atoms with Crippen molar-refractivity contribution in [1.82, 2.24) is 4.90 Å². The third kappa shape index (κ3) is 3.96. The molecule has 136 valence electrons. The van der Waals surface area contributed by atoms with Gasteiger partial charge < -0.3 is 9.80 Å². The maximum absolute atomic E-state index is 13.2. The highest BCUT2D eigenvalue weighted by atomic mass is 79.9. The average Bonchev–Trinajstić information content (AvgIpc) is 2.64. The molecule has 26 heavy (non-hydrogen) atoms. The van der Waals surface area contributed by atoms with Crippen LogP contribution in [0.1, 0.15) is 18.4 Å². The van der Waals surface area contributed by atoms with Crippen molar-refractivity contribution in [1.29, 1.82) is 0 Å². The topological polar surface area (TPSA) is 40.6 Å². The van der Waals surface area contributed by atoms with Gasteiger partial charge in [0.25, 0.3) is 0 Å². The molecule has 0 radical (unpaired) electrons. The predicted octanol–water partition coefficient (Wildman–Crippen LogP) is 3.99. The summed E-state index contributed by atoms with van der Waals surface area (Å²) in [6.07, 6.45) is 1.33. The minimum absolute atomic E-state index is 0.155. The van der Waals surface area contributed by atoms with Gasteiger partial charge in [-0.25, -0.2) is 4.39 Å². The molecule has 1 fully saturated rings. The third-order valence-corrected chi connectivity index (χ3v) is 5.34. The zero-order valence-corrected chi connectivity index (χ0v) is 16.1. The van der Waals surface area contributed by atoms with Crippen LogP contribution in [0.4, 0.5) is 10.1 Å². The molecule has 1 saturated heterocycles. The molecule has 2 amide bonds. The number of halogens is 2. The molecule has 0 spiro atoms. The number of anilines is 1. The van der Waals surface area contributed by atoms with Gasteiger partial charge in [-0.2, -0.15) is 0 Å². The van der Waals surface area contributed by atoms with E-state index in [0.29, 0.717) is 24.0 Å². The van der Waals surface area contributed by atoms with Crippen molar-refractivity contribution in [3.05, 3.63) is 64.4 Å². The number of hydrogen-bond acceptors (Lipinski definition) is 2. The molecule has 1 heterocycles. The van der Waals surface area contributed by atoms with Crippen molar-refractivity contribution >= 4 is 33.4 Å². The van der Waals surface area contributed by atoms with Crippen molar-refractivity contribution in [2.75, 3.05) is 18.5 Å². The summed E-state index contributed by atoms with van der Waals surface area (Å²) in [5.74, 6) is -1.37. The lowest BCUT2D eigenvalue weighted by molar-refractivity contribution is -0.141. The zero-order valence-electron chi connectivity index (χ0n) is 14.5. The molecule has 1 aliphatic heterocycles. The van der Waals surface area contributed by atoms with Crippen LogP contribution in [-0.4, -0.2) is 30.3 Å². The Hall–Kier alpha value is -2.21. The Bertz CT molecular complexity index is 813. The fraction of sp³-hybridized carbons (Fsp3) is 0.300. The molecule has 1 aliphatic rings. The minimum Gasteiger partial charge on any atom is -0.341 e. The smallest absolute Gasteiger partial charge is 0.239 e. The molecule has 1 unspecified atom stereocenters. The second-order valence-electron chi connectivity index (χ2n) is 6.45. The van der Waals surface area contributed by atoms with Crippen LogP contribution in [0, 0.1) is 11.7 Å². The number of carbonyl (C=O) groups is 2. The zero-order chi connectivity index (χ0) is 18.7. The van der Waals surface area contributed by atoms with E-state index in [-0.39, 0.29) is 17.6 Å². The molecule has 2 aromatic carbocycles. The summed E-state index contributed by atoms with van der Waals surface area (Å²) in [7, 11) is 1.67. The van der Waals surface area contributed by atoms with E-state index < -0.39 is 5.92 Å². The summed E-state index contributed by atoms with van der Waals surface area (Å²) < 4.78 is 13.8. The van der Waals surface area contributed by atoms with Gasteiger partial charge in [-0.15, -0.1) is 0 Å². The van der Waals surface area contributed by atoms with Gasteiger partial charge in [0.2, 0.25) is 11.8 Å². The lowest BCUT2D eigenvalue weighted by Gasteiger charge is -2.33. The number of para-hydroxylation sites is 1. The fourth-order valence-corrected chi connectivity index (χ4v) is 3.69. The molecule has 6 heteroatoms. The highest BCUT2D eigenvalue weighted by Crippen LogP contribution is 2.26. The van der Waals surface area contributed by atoms with Crippen LogP contribution in [0.5, 0.6) is 0 Å². The number of carbonyl (C=O) groups excluding carboxylic acids is 2. The standard InChI is InChI=1S/C20H20BrFN2O2/c1-23(13-14-9-10-15(22)12-18(14)21)19(25)17-8-5-11-24(20(17)26)16-6-3-2-4-7-16/h2-4,6-7,9-10,12,17H,5,8,11,13H2,1H3. The number of piperidine rings is 1. The van der Waals surface area contributed by atoms with Crippen LogP contribution < -0.4 is 4.90 Å². The first kappa shape index (κ1) is 18.6. The van der Waals surface area contributed by atoms with Crippen LogP contribution in [-0.2, 0) is 16.1 Å². The van der Waals surface area contributed by atoms with Crippen molar-refractivity contribution < 1.29 is 14.0 Å². The largest absolute Gasteiger partial charge is 0.341 e. The number of nitrogens with zero attached hydrogens (tertiary/aromatic N) is 2. The number of hydrogen-bond donors (Lipinski definition) is 0. The molecule has 0 aliphatic carbocycles. The summed E-state index contributed by atoms with van der Waals surface area (Å²) in [6, 6.07) is 13.8. The minimum atomic E-state index is -0.673. The van der Waals surface area contributed by atoms with E-state index in [0.717, 1.165) is 17.7 Å². The van der Waals surface area contributed by atoms with Gasteiger partial charge in [-0.1, -0.05) is 40.2 Å². The monoisotopic (exact) mass is 418 g/mol. The Morgan fingerprint density at radius 3 is 2.69 bits per heavy atom. The van der Waals surface area contributed by atoms with Gasteiger partial charge in [-0.3, -0.25) is 9.59 Å². The van der Waals surface area contributed by atoms with Crippen molar-refractivity contribution in [2.45, 2.75) is 19.4 Å². The maximum atomic E-state index is 13.2. The van der Waals surface area contributed by atoms with Crippen LogP contribution in [0.25, 0.3) is 0 Å². The fourth-order valence-electron chi connectivity index (χ4n) is 3.22. The molecule has 0 aromatic heterocycles. The van der Waals surface area contributed by atoms with Gasteiger partial charge in [0.15, 0.2) is 0 Å². The maximum Gasteiger partial charge on any atom is 0.239 e. The number of amides is 2. The summed E-state index contributed by atoms with van der Waals surface area (Å²) in [6.45, 7) is 0.939. The molecule has 4 nitrogen and oxygen atoms in total. The molecule has 0 N–H and O–H groups in total. The van der Waals surface area contributed by atoms with Gasteiger partial charge in [0, 0.05) is 30.3 Å². The molecule has 3 rings (SSSR count). The number of rotatable bonds is 4. The lowest BCUT2D eigenvalue weighted by atomic mass is 9.95. The van der Waals surface area contributed by atoms with E-state index in [2.05, 4.69) is 15.9 Å². The first-order chi connectivity index (χ1) is 12.5. The van der Waals surface area contributed by atoms with Gasteiger partial charge >= 0.3 is 0 Å². The van der Waals surface area contributed by atoms with Crippen LogP contribution >= 0.6 is 15.9 Å². The molecule has 1 atom stereocenters. The van der Waals surface area contributed by atoms with E-state index in [9.17, 15) is 14.0 Å². The SMILES string of the molecule is CN(Cc1ccc(F)cc1Br)C(=O)C1CCCN(c2ccccc2)C1=O. The highest BCUT2D eigenvalue weighted by molar-refractivity contribution is 9.10. The van der Waals surface area contributed by atoms with E-state index >= 15 is 0 Å². The first-order valence-corrected chi connectivity index (χ1v) is 9.32. The quantitative estimate of drug-likeness (QED) is 0.704.